The summed E-state index contributed by atoms with van der Waals surface area (Å²) in [6.45, 7) is 0.0338. The van der Waals surface area contributed by atoms with Crippen LogP contribution in [0.5, 0.6) is 0 Å². The second-order valence-electron chi connectivity index (χ2n) is 6.91. The summed E-state index contributed by atoms with van der Waals surface area (Å²) in [5, 5.41) is 11.7. The van der Waals surface area contributed by atoms with Crippen LogP contribution in [0.4, 0.5) is 14.9 Å². The molecule has 0 unspecified atom stereocenters. The third-order valence-corrected chi connectivity index (χ3v) is 5.42. The molecule has 0 radical (unpaired) electrons. The number of tetrazole rings is 1. The Morgan fingerprint density at radius 1 is 1.27 bits per heavy atom. The van der Waals surface area contributed by atoms with E-state index in [1.165, 1.54) is 28.0 Å². The second kappa shape index (κ2) is 7.44. The first-order valence-electron chi connectivity index (χ1n) is 8.86. The molecule has 1 aliphatic rings. The van der Waals surface area contributed by atoms with Gasteiger partial charge in [0.1, 0.15) is 17.6 Å². The summed E-state index contributed by atoms with van der Waals surface area (Å²) in [5.74, 6) is -0.482. The van der Waals surface area contributed by atoms with E-state index < -0.39 is 27.9 Å². The summed E-state index contributed by atoms with van der Waals surface area (Å²) in [7, 11) is -1.67. The molecule has 1 amide bonds. The first kappa shape index (κ1) is 19.9. The van der Waals surface area contributed by atoms with Crippen LogP contribution in [0.15, 0.2) is 36.5 Å². The summed E-state index contributed by atoms with van der Waals surface area (Å²) in [5.41, 5.74) is 1.61. The van der Waals surface area contributed by atoms with Crippen molar-refractivity contribution < 1.29 is 22.3 Å². The number of aryl methyl sites for hydroxylation is 1. The first-order valence-corrected chi connectivity index (χ1v) is 10.9. The SMILES string of the molecule is Cn1nnc(-c2ccc(-c3ccc(N4C[C@H](CS(C)(=O)=O)OC4=O)cc3F)cn2)n1. The van der Waals surface area contributed by atoms with E-state index in [2.05, 4.69) is 20.4 Å². The van der Waals surface area contributed by atoms with Gasteiger partial charge in [0.25, 0.3) is 0 Å². The van der Waals surface area contributed by atoms with Crippen molar-refractivity contribution in [2.24, 2.45) is 7.05 Å². The molecule has 1 fully saturated rings. The molecule has 156 valence electrons. The van der Waals surface area contributed by atoms with Crippen molar-refractivity contribution in [2.75, 3.05) is 23.5 Å². The number of amides is 1. The molecule has 1 atom stereocenters. The fourth-order valence-electron chi connectivity index (χ4n) is 3.13. The van der Waals surface area contributed by atoms with Crippen molar-refractivity contribution in [3.63, 3.8) is 0 Å². The van der Waals surface area contributed by atoms with Gasteiger partial charge in [-0.05, 0) is 29.5 Å². The Hall–Kier alpha value is -3.41. The maximum atomic E-state index is 14.8. The lowest BCUT2D eigenvalue weighted by atomic mass is 10.1. The van der Waals surface area contributed by atoms with Crippen molar-refractivity contribution in [2.45, 2.75) is 6.10 Å². The van der Waals surface area contributed by atoms with Gasteiger partial charge in [0, 0.05) is 23.6 Å². The topological polar surface area (TPSA) is 120 Å². The molecule has 4 rings (SSSR count). The van der Waals surface area contributed by atoms with E-state index in [-0.39, 0.29) is 18.0 Å². The number of rotatable bonds is 5. The molecule has 3 heterocycles. The van der Waals surface area contributed by atoms with E-state index >= 15 is 0 Å². The first-order chi connectivity index (χ1) is 14.2. The Morgan fingerprint density at radius 2 is 2.07 bits per heavy atom. The number of hydrogen-bond donors (Lipinski definition) is 0. The minimum atomic E-state index is -3.31. The molecule has 0 N–H and O–H groups in total. The summed E-state index contributed by atoms with van der Waals surface area (Å²) in [6, 6.07) is 7.65. The van der Waals surface area contributed by atoms with Crippen molar-refractivity contribution in [3.8, 4) is 22.6 Å². The number of aromatic nitrogens is 5. The zero-order valence-electron chi connectivity index (χ0n) is 16.1. The molecular weight excluding hydrogens is 415 g/mol. The summed E-state index contributed by atoms with van der Waals surface area (Å²) in [4.78, 5) is 18.8. The van der Waals surface area contributed by atoms with Gasteiger partial charge >= 0.3 is 6.09 Å². The zero-order chi connectivity index (χ0) is 21.5. The standard InChI is InChI=1S/C18H17FN6O4S/c1-24-22-17(21-23-24)16-6-3-11(8-20-16)14-5-4-12(7-15(14)19)25-9-13(29-18(25)26)10-30(2,27)28/h3-8,13H,9-10H2,1-2H3/t13-/m1/s1. The Kier molecular flexibility index (Phi) is 4.94. The normalized spacial score (nSPS) is 16.7. The summed E-state index contributed by atoms with van der Waals surface area (Å²) in [6.07, 6.45) is 1.06. The molecule has 0 saturated carbocycles. The fraction of sp³-hybridized carbons (Fsp3) is 0.278. The van der Waals surface area contributed by atoms with E-state index in [0.29, 0.717) is 22.6 Å². The van der Waals surface area contributed by atoms with Gasteiger partial charge in [0.2, 0.25) is 5.82 Å². The number of anilines is 1. The molecule has 12 heteroatoms. The van der Waals surface area contributed by atoms with E-state index in [1.807, 2.05) is 0 Å². The largest absolute Gasteiger partial charge is 0.443 e. The maximum Gasteiger partial charge on any atom is 0.414 e. The quantitative estimate of drug-likeness (QED) is 0.594. The molecule has 1 aromatic carbocycles. The Bertz CT molecular complexity index is 1210. The van der Waals surface area contributed by atoms with Crippen LogP contribution in [0.25, 0.3) is 22.6 Å². The van der Waals surface area contributed by atoms with E-state index in [4.69, 9.17) is 4.74 Å². The van der Waals surface area contributed by atoms with Crippen LogP contribution in [0.3, 0.4) is 0 Å². The second-order valence-corrected chi connectivity index (χ2v) is 9.09. The summed E-state index contributed by atoms with van der Waals surface area (Å²) < 4.78 is 42.7. The summed E-state index contributed by atoms with van der Waals surface area (Å²) >= 11 is 0. The van der Waals surface area contributed by atoms with Gasteiger partial charge in [0.05, 0.1) is 25.0 Å². The zero-order valence-corrected chi connectivity index (χ0v) is 16.9. The van der Waals surface area contributed by atoms with Gasteiger partial charge in [-0.25, -0.2) is 17.6 Å². The van der Waals surface area contributed by atoms with Crippen molar-refractivity contribution in [1.82, 2.24) is 25.2 Å². The Labute approximate surface area is 171 Å². The minimum Gasteiger partial charge on any atom is -0.443 e. The predicted octanol–water partition coefficient (Wildman–Crippen LogP) is 1.45. The molecule has 0 bridgehead atoms. The van der Waals surface area contributed by atoms with Gasteiger partial charge in [0.15, 0.2) is 9.84 Å². The molecule has 2 aromatic heterocycles. The molecule has 1 saturated heterocycles. The molecule has 0 spiro atoms. The van der Waals surface area contributed by atoms with Crippen LogP contribution in [0.2, 0.25) is 0 Å². The number of ether oxygens (including phenoxy) is 1. The fourth-order valence-corrected chi connectivity index (χ4v) is 3.98. The van der Waals surface area contributed by atoms with Crippen LogP contribution in [0.1, 0.15) is 0 Å². The van der Waals surface area contributed by atoms with Crippen molar-refractivity contribution in [3.05, 3.63) is 42.3 Å². The highest BCUT2D eigenvalue weighted by atomic mass is 32.2. The predicted molar refractivity (Wildman–Crippen MR) is 105 cm³/mol. The van der Waals surface area contributed by atoms with Crippen LogP contribution in [0, 0.1) is 5.82 Å². The van der Waals surface area contributed by atoms with Crippen molar-refractivity contribution in [1.29, 1.82) is 0 Å². The van der Waals surface area contributed by atoms with E-state index in [1.54, 1.807) is 25.2 Å². The van der Waals surface area contributed by atoms with Gasteiger partial charge in [-0.15, -0.1) is 10.2 Å². The number of pyridine rings is 1. The number of halogens is 1. The molecule has 1 aliphatic heterocycles. The van der Waals surface area contributed by atoms with Crippen LogP contribution >= 0.6 is 0 Å². The maximum absolute atomic E-state index is 14.8. The van der Waals surface area contributed by atoms with Crippen molar-refractivity contribution >= 4 is 21.6 Å². The smallest absolute Gasteiger partial charge is 0.414 e. The molecular formula is C18H17FN6O4S. The Morgan fingerprint density at radius 3 is 2.67 bits per heavy atom. The average molecular weight is 432 g/mol. The number of sulfone groups is 1. The number of benzene rings is 1. The van der Waals surface area contributed by atoms with Gasteiger partial charge < -0.3 is 4.74 Å². The number of carbonyl (C=O) groups is 1. The Balaban J connectivity index is 1.54. The van der Waals surface area contributed by atoms with E-state index in [9.17, 15) is 17.6 Å². The van der Waals surface area contributed by atoms with Gasteiger partial charge in [-0.3, -0.25) is 9.88 Å². The number of nitrogens with zero attached hydrogens (tertiary/aromatic N) is 6. The molecule has 3 aromatic rings. The van der Waals surface area contributed by atoms with Gasteiger partial charge in [-0.2, -0.15) is 4.80 Å². The lowest BCUT2D eigenvalue weighted by molar-refractivity contribution is 0.151. The van der Waals surface area contributed by atoms with Crippen LogP contribution in [-0.2, 0) is 21.6 Å². The van der Waals surface area contributed by atoms with Crippen LogP contribution in [-0.4, -0.2) is 64.4 Å². The number of hydrogen-bond acceptors (Lipinski definition) is 8. The number of carbonyl (C=O) groups excluding carboxylic acids is 1. The third-order valence-electron chi connectivity index (χ3n) is 4.44. The van der Waals surface area contributed by atoms with Crippen LogP contribution < -0.4 is 4.90 Å². The molecule has 0 aliphatic carbocycles. The third kappa shape index (κ3) is 4.13. The van der Waals surface area contributed by atoms with E-state index in [0.717, 1.165) is 6.26 Å². The molecule has 30 heavy (non-hydrogen) atoms. The lowest BCUT2D eigenvalue weighted by Crippen LogP contribution is -2.27. The minimum absolute atomic E-state index is 0.0338. The molecule has 10 nitrogen and oxygen atoms in total. The monoisotopic (exact) mass is 432 g/mol. The highest BCUT2D eigenvalue weighted by Gasteiger charge is 2.34. The lowest BCUT2D eigenvalue weighted by Gasteiger charge is -2.14. The van der Waals surface area contributed by atoms with Gasteiger partial charge in [-0.1, -0.05) is 6.07 Å². The highest BCUT2D eigenvalue weighted by molar-refractivity contribution is 7.90. The number of cyclic esters (lactones) is 1. The average Bonchev–Trinajstić information content (AvgIpc) is 3.26. The highest BCUT2D eigenvalue weighted by Crippen LogP contribution is 2.29.